The summed E-state index contributed by atoms with van der Waals surface area (Å²) < 4.78 is 5.45. The number of carboxylic acid groups (broad SMARTS) is 1. The standard InChI is InChI=1S/C23H19NO5/c1-2-29-22(28)23(24-14-11-12-17(21(26)27)20(25)13-14)18-9-5-3-7-15(18)16-8-4-6-10-19(16)23/h3-13,24-25H,2H2,1H3,(H,26,27). The molecule has 0 spiro atoms. The number of hydrogen-bond acceptors (Lipinski definition) is 5. The predicted octanol–water partition coefficient (Wildman–Crippen LogP) is 3.99. The van der Waals surface area contributed by atoms with Crippen LogP contribution in [0.25, 0.3) is 11.1 Å². The molecule has 0 amide bonds. The Morgan fingerprint density at radius 2 is 1.55 bits per heavy atom. The van der Waals surface area contributed by atoms with E-state index in [0.29, 0.717) is 5.69 Å². The van der Waals surface area contributed by atoms with Gasteiger partial charge in [-0.15, -0.1) is 0 Å². The highest BCUT2D eigenvalue weighted by molar-refractivity contribution is 6.00. The summed E-state index contributed by atoms with van der Waals surface area (Å²) in [5, 5.41) is 22.5. The second-order valence-electron chi connectivity index (χ2n) is 6.72. The molecule has 0 saturated heterocycles. The van der Waals surface area contributed by atoms with Gasteiger partial charge < -0.3 is 20.3 Å². The monoisotopic (exact) mass is 389 g/mol. The minimum atomic E-state index is -1.32. The number of benzene rings is 3. The summed E-state index contributed by atoms with van der Waals surface area (Å²) >= 11 is 0. The van der Waals surface area contributed by atoms with Crippen molar-refractivity contribution in [1.29, 1.82) is 0 Å². The van der Waals surface area contributed by atoms with Crippen LogP contribution < -0.4 is 5.32 Å². The molecule has 0 fully saturated rings. The van der Waals surface area contributed by atoms with Crippen molar-refractivity contribution >= 4 is 17.6 Å². The number of ether oxygens (including phenoxy) is 1. The van der Waals surface area contributed by atoms with Crippen molar-refractivity contribution in [2.45, 2.75) is 12.5 Å². The third kappa shape index (κ3) is 2.81. The molecule has 0 bridgehead atoms. The lowest BCUT2D eigenvalue weighted by atomic mass is 9.87. The maximum absolute atomic E-state index is 13.3. The third-order valence-electron chi connectivity index (χ3n) is 5.09. The molecule has 3 N–H and O–H groups in total. The summed E-state index contributed by atoms with van der Waals surface area (Å²) in [5.74, 6) is -2.09. The zero-order valence-electron chi connectivity index (χ0n) is 15.7. The number of anilines is 1. The van der Waals surface area contributed by atoms with Gasteiger partial charge in [0.15, 0.2) is 5.54 Å². The molecule has 0 aromatic heterocycles. The maximum atomic E-state index is 13.3. The van der Waals surface area contributed by atoms with Crippen LogP contribution in [0.15, 0.2) is 66.7 Å². The maximum Gasteiger partial charge on any atom is 0.341 e. The molecule has 4 rings (SSSR count). The van der Waals surface area contributed by atoms with Gasteiger partial charge in [0.2, 0.25) is 0 Å². The summed E-state index contributed by atoms with van der Waals surface area (Å²) in [5.41, 5.74) is 2.16. The largest absolute Gasteiger partial charge is 0.507 e. The van der Waals surface area contributed by atoms with Gasteiger partial charge in [-0.05, 0) is 30.2 Å². The van der Waals surface area contributed by atoms with E-state index in [9.17, 15) is 14.7 Å². The molecule has 0 heterocycles. The summed E-state index contributed by atoms with van der Waals surface area (Å²) in [6.45, 7) is 1.95. The van der Waals surface area contributed by atoms with Gasteiger partial charge in [-0.25, -0.2) is 9.59 Å². The Morgan fingerprint density at radius 3 is 2.07 bits per heavy atom. The first-order valence-electron chi connectivity index (χ1n) is 9.20. The molecular weight excluding hydrogens is 370 g/mol. The van der Waals surface area contributed by atoms with Crippen molar-refractivity contribution in [2.24, 2.45) is 0 Å². The Hall–Kier alpha value is -3.80. The van der Waals surface area contributed by atoms with E-state index in [1.807, 2.05) is 48.5 Å². The van der Waals surface area contributed by atoms with Gasteiger partial charge in [-0.2, -0.15) is 0 Å². The van der Waals surface area contributed by atoms with Crippen LogP contribution >= 0.6 is 0 Å². The van der Waals surface area contributed by atoms with Gasteiger partial charge in [0.05, 0.1) is 6.61 Å². The summed E-state index contributed by atoms with van der Waals surface area (Å²) in [7, 11) is 0. The predicted molar refractivity (Wildman–Crippen MR) is 108 cm³/mol. The van der Waals surface area contributed by atoms with E-state index in [0.717, 1.165) is 22.3 Å². The molecule has 0 aliphatic heterocycles. The van der Waals surface area contributed by atoms with Crippen molar-refractivity contribution in [3.8, 4) is 16.9 Å². The van der Waals surface area contributed by atoms with Crippen LogP contribution in [0.1, 0.15) is 28.4 Å². The average Bonchev–Trinajstić information content (AvgIpc) is 2.99. The molecule has 3 aromatic rings. The number of esters is 1. The smallest absolute Gasteiger partial charge is 0.341 e. The van der Waals surface area contributed by atoms with E-state index in [1.54, 1.807) is 6.92 Å². The zero-order valence-corrected chi connectivity index (χ0v) is 15.7. The highest BCUT2D eigenvalue weighted by atomic mass is 16.5. The fraction of sp³-hybridized carbons (Fsp3) is 0.130. The van der Waals surface area contributed by atoms with Gasteiger partial charge in [0.25, 0.3) is 0 Å². The van der Waals surface area contributed by atoms with Crippen molar-refractivity contribution in [3.63, 3.8) is 0 Å². The van der Waals surface area contributed by atoms with E-state index in [1.165, 1.54) is 18.2 Å². The molecule has 0 radical (unpaired) electrons. The molecule has 0 unspecified atom stereocenters. The molecule has 29 heavy (non-hydrogen) atoms. The molecule has 6 heteroatoms. The first-order chi connectivity index (χ1) is 14.0. The average molecular weight is 389 g/mol. The van der Waals surface area contributed by atoms with Gasteiger partial charge in [0, 0.05) is 22.9 Å². The van der Waals surface area contributed by atoms with Crippen molar-refractivity contribution < 1.29 is 24.5 Å². The van der Waals surface area contributed by atoms with Crippen molar-refractivity contribution in [3.05, 3.63) is 83.4 Å². The second-order valence-corrected chi connectivity index (χ2v) is 6.72. The van der Waals surface area contributed by atoms with Gasteiger partial charge in [-0.3, -0.25) is 0 Å². The lowest BCUT2D eigenvalue weighted by molar-refractivity contribution is -0.147. The fourth-order valence-corrected chi connectivity index (χ4v) is 3.89. The minimum absolute atomic E-state index is 0.204. The Labute approximate surface area is 167 Å². The second kappa shape index (κ2) is 6.98. The number of rotatable bonds is 5. The lowest BCUT2D eigenvalue weighted by Crippen LogP contribution is -2.44. The van der Waals surface area contributed by atoms with E-state index in [4.69, 9.17) is 9.84 Å². The van der Waals surface area contributed by atoms with Crippen LogP contribution in [0.4, 0.5) is 5.69 Å². The van der Waals surface area contributed by atoms with Crippen molar-refractivity contribution in [2.75, 3.05) is 11.9 Å². The summed E-state index contributed by atoms with van der Waals surface area (Å²) in [6.07, 6.45) is 0. The van der Waals surface area contributed by atoms with Gasteiger partial charge in [-0.1, -0.05) is 48.5 Å². The number of phenols is 1. The van der Waals surface area contributed by atoms with Gasteiger partial charge >= 0.3 is 11.9 Å². The lowest BCUT2D eigenvalue weighted by Gasteiger charge is -2.31. The molecule has 0 saturated carbocycles. The minimum Gasteiger partial charge on any atom is -0.507 e. The van der Waals surface area contributed by atoms with Crippen LogP contribution in [0.2, 0.25) is 0 Å². The number of aromatic hydroxyl groups is 1. The van der Waals surface area contributed by atoms with Gasteiger partial charge in [0.1, 0.15) is 11.3 Å². The summed E-state index contributed by atoms with van der Waals surface area (Å²) in [6, 6.07) is 19.3. The first-order valence-corrected chi connectivity index (χ1v) is 9.20. The Balaban J connectivity index is 1.93. The Bertz CT molecular complexity index is 1080. The topological polar surface area (TPSA) is 95.9 Å². The number of aromatic carboxylic acids is 1. The number of carboxylic acids is 1. The van der Waals surface area contributed by atoms with E-state index >= 15 is 0 Å². The van der Waals surface area contributed by atoms with Crippen LogP contribution in [0.3, 0.4) is 0 Å². The SMILES string of the molecule is CCOC(=O)C1(Nc2ccc(C(=O)O)c(O)c2)c2ccccc2-c2ccccc21. The fourth-order valence-electron chi connectivity index (χ4n) is 3.89. The van der Waals surface area contributed by atoms with E-state index < -0.39 is 17.5 Å². The molecule has 0 atom stereocenters. The number of hydrogen-bond donors (Lipinski definition) is 3. The Kier molecular flexibility index (Phi) is 4.47. The molecule has 146 valence electrons. The highest BCUT2D eigenvalue weighted by Crippen LogP contribution is 2.49. The number of nitrogens with one attached hydrogen (secondary N) is 1. The Morgan fingerprint density at radius 1 is 0.966 bits per heavy atom. The van der Waals surface area contributed by atoms with E-state index in [-0.39, 0.29) is 17.9 Å². The van der Waals surface area contributed by atoms with Crippen LogP contribution in [-0.4, -0.2) is 28.8 Å². The molecule has 6 nitrogen and oxygen atoms in total. The van der Waals surface area contributed by atoms with Crippen molar-refractivity contribution in [1.82, 2.24) is 0 Å². The first kappa shape index (κ1) is 18.6. The van der Waals surface area contributed by atoms with Crippen LogP contribution in [0, 0.1) is 0 Å². The zero-order chi connectivity index (χ0) is 20.6. The molecule has 1 aliphatic carbocycles. The third-order valence-corrected chi connectivity index (χ3v) is 5.09. The van der Waals surface area contributed by atoms with Crippen LogP contribution in [-0.2, 0) is 15.1 Å². The quantitative estimate of drug-likeness (QED) is 0.571. The number of fused-ring (bicyclic) bond motifs is 3. The molecule has 3 aromatic carbocycles. The summed E-state index contributed by atoms with van der Waals surface area (Å²) in [4.78, 5) is 24.5. The number of carbonyl (C=O) groups excluding carboxylic acids is 1. The highest BCUT2D eigenvalue weighted by Gasteiger charge is 2.50. The number of carbonyl (C=O) groups is 2. The normalized spacial score (nSPS) is 13.3. The molecule has 1 aliphatic rings. The molecular formula is C23H19NO5. The van der Waals surface area contributed by atoms with E-state index in [2.05, 4.69) is 5.32 Å². The van der Waals surface area contributed by atoms with Crippen LogP contribution in [0.5, 0.6) is 5.75 Å².